The van der Waals surface area contributed by atoms with Gasteiger partial charge in [-0.3, -0.25) is 0 Å². The van der Waals surface area contributed by atoms with E-state index in [1.165, 1.54) is 0 Å². The Morgan fingerprint density at radius 1 is 1.42 bits per heavy atom. The van der Waals surface area contributed by atoms with Gasteiger partial charge < -0.3 is 24.3 Å². The summed E-state index contributed by atoms with van der Waals surface area (Å²) in [6, 6.07) is 9.06. The molecular formula is C16H13N3O5. The van der Waals surface area contributed by atoms with E-state index in [0.29, 0.717) is 12.1 Å². The minimum Gasteiger partial charge on any atom is -0.507 e. The molecule has 1 aromatic heterocycles. The molecule has 3 rings (SSSR count). The van der Waals surface area contributed by atoms with Gasteiger partial charge in [0.2, 0.25) is 5.76 Å². The summed E-state index contributed by atoms with van der Waals surface area (Å²) in [5, 5.41) is 19.3. The standard InChI is InChI=1S/C16H13N3O5/c17-7-10(15-18-11-3-1-2-4-12(11)19-15)13(20)8-24-16(21)14-9-22-5-6-23-14/h1-4,9,20H,5-6,8H2,(H,18,19)/b13-10+. The Morgan fingerprint density at radius 2 is 2.25 bits per heavy atom. The lowest BCUT2D eigenvalue weighted by Crippen LogP contribution is -2.18. The number of aromatic nitrogens is 2. The van der Waals surface area contributed by atoms with Gasteiger partial charge in [0.1, 0.15) is 31.1 Å². The van der Waals surface area contributed by atoms with Crippen LogP contribution in [0.15, 0.2) is 42.0 Å². The maximum Gasteiger partial charge on any atom is 0.377 e. The summed E-state index contributed by atoms with van der Waals surface area (Å²) in [5.41, 5.74) is 1.28. The van der Waals surface area contributed by atoms with Crippen LogP contribution in [0, 0.1) is 11.3 Å². The highest BCUT2D eigenvalue weighted by Gasteiger charge is 2.19. The number of hydrogen-bond donors (Lipinski definition) is 2. The number of imidazole rings is 1. The lowest BCUT2D eigenvalue weighted by molar-refractivity contribution is -0.144. The van der Waals surface area contributed by atoms with Crippen LogP contribution in [0.5, 0.6) is 0 Å². The minimum absolute atomic E-state index is 0.0868. The van der Waals surface area contributed by atoms with Crippen LogP contribution in [0.1, 0.15) is 5.82 Å². The third-order valence-electron chi connectivity index (χ3n) is 3.22. The highest BCUT2D eigenvalue weighted by Crippen LogP contribution is 2.19. The number of allylic oxidation sites excluding steroid dienone is 1. The quantitative estimate of drug-likeness (QED) is 0.499. The molecule has 0 atom stereocenters. The maximum atomic E-state index is 11.8. The van der Waals surface area contributed by atoms with E-state index in [1.54, 1.807) is 12.1 Å². The first-order chi connectivity index (χ1) is 11.7. The normalized spacial score (nSPS) is 14.7. The van der Waals surface area contributed by atoms with Gasteiger partial charge in [-0.1, -0.05) is 12.1 Å². The first kappa shape index (κ1) is 15.4. The number of nitriles is 1. The van der Waals surface area contributed by atoms with Crippen molar-refractivity contribution in [2.45, 2.75) is 0 Å². The van der Waals surface area contributed by atoms with Crippen LogP contribution >= 0.6 is 0 Å². The average molecular weight is 327 g/mol. The van der Waals surface area contributed by atoms with Gasteiger partial charge in [-0.15, -0.1) is 0 Å². The fraction of sp³-hybridized carbons (Fsp3) is 0.188. The number of fused-ring (bicyclic) bond motifs is 1. The van der Waals surface area contributed by atoms with Gasteiger partial charge in [-0.25, -0.2) is 9.78 Å². The number of hydrogen-bond acceptors (Lipinski definition) is 7. The average Bonchev–Trinajstić information content (AvgIpc) is 3.04. The molecule has 8 nitrogen and oxygen atoms in total. The fourth-order valence-electron chi connectivity index (χ4n) is 2.08. The lowest BCUT2D eigenvalue weighted by Gasteiger charge is -2.14. The zero-order valence-corrected chi connectivity index (χ0v) is 12.5. The van der Waals surface area contributed by atoms with Gasteiger partial charge >= 0.3 is 5.97 Å². The number of benzene rings is 1. The molecule has 0 bridgehead atoms. The summed E-state index contributed by atoms with van der Waals surface area (Å²) in [5.74, 6) is -1.09. The molecule has 0 aliphatic carbocycles. The second-order valence-corrected chi connectivity index (χ2v) is 4.81. The Morgan fingerprint density at radius 3 is 2.96 bits per heavy atom. The zero-order chi connectivity index (χ0) is 16.9. The first-order valence-corrected chi connectivity index (χ1v) is 7.08. The molecule has 2 aromatic rings. The van der Waals surface area contributed by atoms with Crippen molar-refractivity contribution in [3.05, 3.63) is 47.9 Å². The summed E-state index contributed by atoms with van der Waals surface area (Å²) < 4.78 is 14.9. The van der Waals surface area contributed by atoms with Crippen molar-refractivity contribution in [2.75, 3.05) is 19.8 Å². The van der Waals surface area contributed by atoms with Crippen LogP contribution in [0.2, 0.25) is 0 Å². The van der Waals surface area contributed by atoms with Crippen molar-refractivity contribution in [2.24, 2.45) is 0 Å². The molecule has 0 unspecified atom stereocenters. The predicted molar refractivity (Wildman–Crippen MR) is 82.2 cm³/mol. The number of nitrogens with one attached hydrogen (secondary N) is 1. The number of esters is 1. The maximum absolute atomic E-state index is 11.8. The highest BCUT2D eigenvalue weighted by molar-refractivity contribution is 5.86. The molecular weight excluding hydrogens is 314 g/mol. The highest BCUT2D eigenvalue weighted by atomic mass is 16.6. The third-order valence-corrected chi connectivity index (χ3v) is 3.22. The fourth-order valence-corrected chi connectivity index (χ4v) is 2.08. The van der Waals surface area contributed by atoms with Crippen LogP contribution < -0.4 is 0 Å². The monoisotopic (exact) mass is 327 g/mol. The second kappa shape index (κ2) is 6.75. The summed E-state index contributed by atoms with van der Waals surface area (Å²) in [4.78, 5) is 18.9. The molecule has 0 amide bonds. The molecule has 1 aliphatic rings. The Kier molecular flexibility index (Phi) is 4.34. The van der Waals surface area contributed by atoms with E-state index in [0.717, 1.165) is 11.8 Å². The van der Waals surface area contributed by atoms with Crippen molar-refractivity contribution in [1.82, 2.24) is 9.97 Å². The molecule has 0 fully saturated rings. The molecule has 2 N–H and O–H groups in total. The number of ether oxygens (including phenoxy) is 3. The van der Waals surface area contributed by atoms with E-state index < -0.39 is 18.3 Å². The summed E-state index contributed by atoms with van der Waals surface area (Å²) in [7, 11) is 0. The summed E-state index contributed by atoms with van der Waals surface area (Å²) >= 11 is 0. The Balaban J connectivity index is 1.76. The number of aromatic amines is 1. The third kappa shape index (κ3) is 3.15. The van der Waals surface area contributed by atoms with E-state index in [2.05, 4.69) is 9.97 Å². The van der Waals surface area contributed by atoms with Crippen molar-refractivity contribution in [3.8, 4) is 6.07 Å². The molecule has 1 aliphatic heterocycles. The molecule has 2 heterocycles. The van der Waals surface area contributed by atoms with Crippen LogP contribution in [0.4, 0.5) is 0 Å². The number of aliphatic hydroxyl groups excluding tert-OH is 1. The largest absolute Gasteiger partial charge is 0.507 e. The van der Waals surface area contributed by atoms with Crippen molar-refractivity contribution in [1.29, 1.82) is 5.26 Å². The van der Waals surface area contributed by atoms with Crippen LogP contribution in [0.3, 0.4) is 0 Å². The SMILES string of the molecule is N#C/C(=C(\O)COC(=O)C1=COCCO1)c1nc2ccccc2[nH]1. The molecule has 0 radical (unpaired) electrons. The van der Waals surface area contributed by atoms with Gasteiger partial charge in [0.05, 0.1) is 11.0 Å². The molecule has 122 valence electrons. The Bertz CT molecular complexity index is 842. The van der Waals surface area contributed by atoms with Crippen LogP contribution in [-0.2, 0) is 19.0 Å². The molecule has 24 heavy (non-hydrogen) atoms. The Labute approximate surface area is 136 Å². The van der Waals surface area contributed by atoms with Gasteiger partial charge in [0.25, 0.3) is 0 Å². The number of carbonyl (C=O) groups is 1. The molecule has 0 saturated carbocycles. The van der Waals surface area contributed by atoms with E-state index in [4.69, 9.17) is 14.2 Å². The molecule has 1 aromatic carbocycles. The number of para-hydroxylation sites is 2. The summed E-state index contributed by atoms with van der Waals surface area (Å²) in [6.45, 7) is 0.108. The topological polar surface area (TPSA) is 117 Å². The molecule has 8 heteroatoms. The lowest BCUT2D eigenvalue weighted by atomic mass is 10.2. The number of H-pyrrole nitrogens is 1. The van der Waals surface area contributed by atoms with Crippen LogP contribution in [0.25, 0.3) is 16.6 Å². The van der Waals surface area contributed by atoms with Crippen molar-refractivity contribution in [3.63, 3.8) is 0 Å². The zero-order valence-electron chi connectivity index (χ0n) is 12.5. The van der Waals surface area contributed by atoms with Gasteiger partial charge in [0, 0.05) is 0 Å². The number of carbonyl (C=O) groups excluding carboxylic acids is 1. The number of aliphatic hydroxyl groups is 1. The Hall–Kier alpha value is -3.47. The van der Waals surface area contributed by atoms with E-state index in [1.807, 2.05) is 18.2 Å². The molecule has 0 spiro atoms. The van der Waals surface area contributed by atoms with Crippen LogP contribution in [-0.4, -0.2) is 40.9 Å². The second-order valence-electron chi connectivity index (χ2n) is 4.81. The summed E-state index contributed by atoms with van der Waals surface area (Å²) in [6.07, 6.45) is 1.15. The van der Waals surface area contributed by atoms with Gasteiger partial charge in [-0.05, 0) is 12.1 Å². The number of rotatable bonds is 4. The van der Waals surface area contributed by atoms with Gasteiger partial charge in [0.15, 0.2) is 18.2 Å². The van der Waals surface area contributed by atoms with E-state index in [9.17, 15) is 15.2 Å². The number of nitrogens with zero attached hydrogens (tertiary/aromatic N) is 2. The predicted octanol–water partition coefficient (Wildman–Crippen LogP) is 1.79. The smallest absolute Gasteiger partial charge is 0.377 e. The van der Waals surface area contributed by atoms with E-state index in [-0.39, 0.29) is 23.8 Å². The van der Waals surface area contributed by atoms with Crippen molar-refractivity contribution < 1.29 is 24.1 Å². The first-order valence-electron chi connectivity index (χ1n) is 7.08. The van der Waals surface area contributed by atoms with Gasteiger partial charge in [-0.2, -0.15) is 5.26 Å². The molecule has 0 saturated heterocycles. The van der Waals surface area contributed by atoms with Crippen molar-refractivity contribution >= 4 is 22.6 Å². The van der Waals surface area contributed by atoms with E-state index >= 15 is 0 Å². The minimum atomic E-state index is -0.789.